The summed E-state index contributed by atoms with van der Waals surface area (Å²) in [7, 11) is 0. The molecule has 1 atom stereocenters. The predicted molar refractivity (Wildman–Crippen MR) is 75.0 cm³/mol. The van der Waals surface area contributed by atoms with Crippen molar-refractivity contribution in [2.75, 3.05) is 32.8 Å². The molecule has 1 saturated heterocycles. The lowest BCUT2D eigenvalue weighted by atomic mass is 10.2. The van der Waals surface area contributed by atoms with E-state index in [0.29, 0.717) is 6.61 Å². The van der Waals surface area contributed by atoms with E-state index in [-0.39, 0.29) is 18.6 Å². The van der Waals surface area contributed by atoms with Crippen LogP contribution in [0.2, 0.25) is 0 Å². The van der Waals surface area contributed by atoms with Crippen molar-refractivity contribution in [2.24, 2.45) is 0 Å². The van der Waals surface area contributed by atoms with E-state index in [1.54, 1.807) is 0 Å². The number of nitrogens with zero attached hydrogens (tertiary/aromatic N) is 1. The minimum absolute atomic E-state index is 0.0991. The van der Waals surface area contributed by atoms with Crippen molar-refractivity contribution in [2.45, 2.75) is 19.4 Å². The summed E-state index contributed by atoms with van der Waals surface area (Å²) in [4.78, 5) is 13.9. The van der Waals surface area contributed by atoms with Gasteiger partial charge in [0.2, 0.25) is 5.91 Å². The molecule has 104 valence electrons. The molecule has 0 radical (unpaired) electrons. The molecule has 1 aliphatic rings. The Hall–Kier alpha value is -1.39. The third kappa shape index (κ3) is 4.33. The highest BCUT2D eigenvalue weighted by Crippen LogP contribution is 2.04. The molecule has 0 spiro atoms. The number of nitrogens with one attached hydrogen (secondary N) is 1. The summed E-state index contributed by atoms with van der Waals surface area (Å²) in [6.45, 7) is 5.37. The molecule has 0 saturated carbocycles. The minimum Gasteiger partial charge on any atom is -0.371 e. The van der Waals surface area contributed by atoms with Gasteiger partial charge >= 0.3 is 0 Å². The van der Waals surface area contributed by atoms with Crippen LogP contribution in [0, 0.1) is 0 Å². The smallest absolute Gasteiger partial charge is 0.248 e. The van der Waals surface area contributed by atoms with E-state index in [9.17, 15) is 4.79 Å². The summed E-state index contributed by atoms with van der Waals surface area (Å²) in [5.41, 5.74) is 1.24. The Balaban J connectivity index is 1.66. The van der Waals surface area contributed by atoms with Crippen LogP contribution in [0.4, 0.5) is 0 Å². The maximum Gasteiger partial charge on any atom is 0.248 e. The van der Waals surface area contributed by atoms with Crippen LogP contribution >= 0.6 is 0 Å². The van der Waals surface area contributed by atoms with E-state index < -0.39 is 0 Å². The average Bonchev–Trinajstić information content (AvgIpc) is 2.45. The Kier molecular flexibility index (Phi) is 5.36. The molecule has 1 N–H and O–H groups in total. The zero-order valence-electron chi connectivity index (χ0n) is 11.5. The molecule has 0 aliphatic carbocycles. The number of carbonyl (C=O) groups is 1. The van der Waals surface area contributed by atoms with Crippen LogP contribution in [0.1, 0.15) is 12.5 Å². The third-order valence-electron chi connectivity index (χ3n) is 3.43. The number of ether oxygens (including phenoxy) is 1. The van der Waals surface area contributed by atoms with Gasteiger partial charge in [0.25, 0.3) is 0 Å². The first-order valence-electron chi connectivity index (χ1n) is 6.89. The number of benzene rings is 1. The highest BCUT2D eigenvalue weighted by atomic mass is 16.5. The van der Waals surface area contributed by atoms with E-state index >= 15 is 0 Å². The van der Waals surface area contributed by atoms with Gasteiger partial charge < -0.3 is 15.0 Å². The quantitative estimate of drug-likeness (QED) is 0.807. The highest BCUT2D eigenvalue weighted by Gasteiger charge is 2.22. The first kappa shape index (κ1) is 14.0. The van der Waals surface area contributed by atoms with Crippen molar-refractivity contribution in [1.29, 1.82) is 0 Å². The fourth-order valence-electron chi connectivity index (χ4n) is 2.29. The Morgan fingerprint density at radius 1 is 1.42 bits per heavy atom. The molecule has 0 unspecified atom stereocenters. The van der Waals surface area contributed by atoms with E-state index in [1.807, 2.05) is 23.1 Å². The number of hydrogen-bond donors (Lipinski definition) is 1. The summed E-state index contributed by atoms with van der Waals surface area (Å²) >= 11 is 0. The fraction of sp³-hybridized carbons (Fsp3) is 0.533. The number of carbonyl (C=O) groups excluding carboxylic acids is 1. The first-order chi connectivity index (χ1) is 9.27. The maximum atomic E-state index is 12.0. The Morgan fingerprint density at radius 2 is 2.21 bits per heavy atom. The lowest BCUT2D eigenvalue weighted by Gasteiger charge is -2.33. The van der Waals surface area contributed by atoms with Gasteiger partial charge in [0, 0.05) is 25.7 Å². The van der Waals surface area contributed by atoms with Gasteiger partial charge in [-0.1, -0.05) is 30.3 Å². The second-order valence-electron chi connectivity index (χ2n) is 4.93. The SMILES string of the molecule is C[C@@H]1CNCCN1C(=O)COCCc1ccccc1. The zero-order chi connectivity index (χ0) is 13.5. The van der Waals surface area contributed by atoms with Crippen LogP contribution in [-0.4, -0.2) is 49.7 Å². The number of hydrogen-bond acceptors (Lipinski definition) is 3. The van der Waals surface area contributed by atoms with Gasteiger partial charge in [-0.3, -0.25) is 4.79 Å². The van der Waals surface area contributed by atoms with E-state index in [1.165, 1.54) is 5.56 Å². The molecule has 0 aromatic heterocycles. The van der Waals surface area contributed by atoms with Gasteiger partial charge in [-0.2, -0.15) is 0 Å². The van der Waals surface area contributed by atoms with E-state index in [4.69, 9.17) is 4.74 Å². The maximum absolute atomic E-state index is 12.0. The van der Waals surface area contributed by atoms with Crippen molar-refractivity contribution in [3.8, 4) is 0 Å². The predicted octanol–water partition coefficient (Wildman–Crippen LogP) is 1.07. The summed E-state index contributed by atoms with van der Waals surface area (Å²) in [6, 6.07) is 10.4. The molecule has 1 fully saturated rings. The largest absolute Gasteiger partial charge is 0.371 e. The second kappa shape index (κ2) is 7.26. The highest BCUT2D eigenvalue weighted by molar-refractivity contribution is 5.77. The van der Waals surface area contributed by atoms with Crippen LogP contribution in [0.15, 0.2) is 30.3 Å². The molecule has 4 heteroatoms. The van der Waals surface area contributed by atoms with Gasteiger partial charge in [0.15, 0.2) is 0 Å². The number of piperazine rings is 1. The van der Waals surface area contributed by atoms with Gasteiger partial charge in [0.05, 0.1) is 6.61 Å². The topological polar surface area (TPSA) is 41.6 Å². The van der Waals surface area contributed by atoms with Gasteiger partial charge in [0.1, 0.15) is 6.61 Å². The van der Waals surface area contributed by atoms with Crippen LogP contribution in [0.5, 0.6) is 0 Å². The van der Waals surface area contributed by atoms with Crippen molar-refractivity contribution >= 4 is 5.91 Å². The van der Waals surface area contributed by atoms with Crippen molar-refractivity contribution in [3.05, 3.63) is 35.9 Å². The Bertz CT molecular complexity index is 394. The number of rotatable bonds is 5. The fourth-order valence-corrected chi connectivity index (χ4v) is 2.29. The summed E-state index contributed by atoms with van der Waals surface area (Å²) in [5, 5.41) is 3.27. The monoisotopic (exact) mass is 262 g/mol. The zero-order valence-corrected chi connectivity index (χ0v) is 11.5. The molecular weight excluding hydrogens is 240 g/mol. The van der Waals surface area contributed by atoms with Crippen molar-refractivity contribution in [1.82, 2.24) is 10.2 Å². The Labute approximate surface area is 114 Å². The molecule has 1 aromatic carbocycles. The minimum atomic E-state index is 0.0991. The first-order valence-corrected chi connectivity index (χ1v) is 6.89. The molecule has 1 aliphatic heterocycles. The van der Waals surface area contributed by atoms with Crippen LogP contribution in [0.3, 0.4) is 0 Å². The average molecular weight is 262 g/mol. The number of amides is 1. The summed E-state index contributed by atoms with van der Waals surface area (Å²) in [6.07, 6.45) is 0.852. The molecular formula is C15H22N2O2. The molecule has 1 aromatic rings. The molecule has 0 bridgehead atoms. The molecule has 4 nitrogen and oxygen atoms in total. The summed E-state index contributed by atoms with van der Waals surface area (Å²) in [5.74, 6) is 0.0991. The Morgan fingerprint density at radius 3 is 2.95 bits per heavy atom. The van der Waals surface area contributed by atoms with Crippen LogP contribution in [0.25, 0.3) is 0 Å². The molecule has 1 heterocycles. The molecule has 1 amide bonds. The standard InChI is InChI=1S/C15H22N2O2/c1-13-11-16-8-9-17(13)15(18)12-19-10-7-14-5-3-2-4-6-14/h2-6,13,16H,7-12H2,1H3/t13-/m1/s1. The van der Waals surface area contributed by atoms with Crippen molar-refractivity contribution in [3.63, 3.8) is 0 Å². The van der Waals surface area contributed by atoms with Gasteiger partial charge in [-0.25, -0.2) is 0 Å². The normalized spacial score (nSPS) is 19.4. The van der Waals surface area contributed by atoms with Gasteiger partial charge in [-0.05, 0) is 18.9 Å². The van der Waals surface area contributed by atoms with Crippen LogP contribution < -0.4 is 5.32 Å². The van der Waals surface area contributed by atoms with E-state index in [0.717, 1.165) is 26.1 Å². The van der Waals surface area contributed by atoms with Crippen LogP contribution in [-0.2, 0) is 16.0 Å². The lowest BCUT2D eigenvalue weighted by Crippen LogP contribution is -2.53. The van der Waals surface area contributed by atoms with Crippen molar-refractivity contribution < 1.29 is 9.53 Å². The van der Waals surface area contributed by atoms with E-state index in [2.05, 4.69) is 24.4 Å². The molecule has 2 rings (SSSR count). The lowest BCUT2D eigenvalue weighted by molar-refractivity contribution is -0.138. The third-order valence-corrected chi connectivity index (χ3v) is 3.43. The second-order valence-corrected chi connectivity index (χ2v) is 4.93. The summed E-state index contributed by atoms with van der Waals surface area (Å²) < 4.78 is 5.49. The molecule has 19 heavy (non-hydrogen) atoms. The van der Waals surface area contributed by atoms with Gasteiger partial charge in [-0.15, -0.1) is 0 Å².